The van der Waals surface area contributed by atoms with Gasteiger partial charge in [-0.1, -0.05) is 0 Å². The highest BCUT2D eigenvalue weighted by molar-refractivity contribution is 9.10. The molecule has 0 bridgehead atoms. The van der Waals surface area contributed by atoms with Gasteiger partial charge < -0.3 is 9.15 Å². The van der Waals surface area contributed by atoms with Gasteiger partial charge in [0.05, 0.1) is 23.4 Å². The fourth-order valence-corrected chi connectivity index (χ4v) is 2.22. The summed E-state index contributed by atoms with van der Waals surface area (Å²) in [5.41, 5.74) is -0.509. The van der Waals surface area contributed by atoms with Gasteiger partial charge >= 0.3 is 6.18 Å². The summed E-state index contributed by atoms with van der Waals surface area (Å²) in [5, 5.41) is 0. The first-order valence-corrected chi connectivity index (χ1v) is 5.71. The Hall–Kier alpha value is -1.43. The van der Waals surface area contributed by atoms with E-state index in [-0.39, 0.29) is 10.2 Å². The maximum Gasteiger partial charge on any atom is 0.420 e. The van der Waals surface area contributed by atoms with Crippen LogP contribution >= 0.6 is 15.9 Å². The van der Waals surface area contributed by atoms with Crippen molar-refractivity contribution in [3.8, 4) is 17.1 Å². The Morgan fingerprint density at radius 1 is 1.28 bits per heavy atom. The van der Waals surface area contributed by atoms with Crippen LogP contribution in [-0.2, 0) is 6.18 Å². The second kappa shape index (κ2) is 4.68. The van der Waals surface area contributed by atoms with E-state index in [0.29, 0.717) is 11.3 Å². The second-order valence-corrected chi connectivity index (χ2v) is 4.37. The molecule has 0 radical (unpaired) electrons. The van der Waals surface area contributed by atoms with E-state index in [9.17, 15) is 13.2 Å². The van der Waals surface area contributed by atoms with E-state index in [2.05, 4.69) is 15.9 Å². The third-order valence-electron chi connectivity index (χ3n) is 2.36. The van der Waals surface area contributed by atoms with Gasteiger partial charge in [0.15, 0.2) is 0 Å². The van der Waals surface area contributed by atoms with Crippen LogP contribution in [0.2, 0.25) is 0 Å². The minimum atomic E-state index is -4.49. The van der Waals surface area contributed by atoms with Crippen LogP contribution in [0.25, 0.3) is 11.3 Å². The molecule has 1 aromatic carbocycles. The van der Waals surface area contributed by atoms with Crippen LogP contribution in [-0.4, -0.2) is 7.11 Å². The minimum absolute atomic E-state index is 0.228. The van der Waals surface area contributed by atoms with Crippen molar-refractivity contribution in [3.63, 3.8) is 0 Å². The molecule has 6 heteroatoms. The number of furan rings is 1. The monoisotopic (exact) mass is 320 g/mol. The molecule has 0 fully saturated rings. The van der Waals surface area contributed by atoms with Crippen LogP contribution in [0.5, 0.6) is 5.75 Å². The molecule has 2 rings (SSSR count). The molecule has 0 saturated carbocycles. The summed E-state index contributed by atoms with van der Waals surface area (Å²) in [6.45, 7) is 0. The number of ether oxygens (including phenoxy) is 1. The zero-order valence-electron chi connectivity index (χ0n) is 9.22. The predicted molar refractivity (Wildman–Crippen MR) is 63.4 cm³/mol. The van der Waals surface area contributed by atoms with Crippen molar-refractivity contribution in [1.82, 2.24) is 0 Å². The van der Waals surface area contributed by atoms with Gasteiger partial charge in [0.2, 0.25) is 0 Å². The molecule has 0 spiro atoms. The highest BCUT2D eigenvalue weighted by atomic mass is 79.9. The van der Waals surface area contributed by atoms with E-state index in [0.717, 1.165) is 6.07 Å². The van der Waals surface area contributed by atoms with Crippen molar-refractivity contribution >= 4 is 15.9 Å². The van der Waals surface area contributed by atoms with Crippen molar-refractivity contribution in [2.24, 2.45) is 0 Å². The fourth-order valence-electron chi connectivity index (χ4n) is 1.60. The molecule has 0 saturated heterocycles. The van der Waals surface area contributed by atoms with E-state index < -0.39 is 11.7 Å². The Balaban J connectivity index is 2.64. The Morgan fingerprint density at radius 3 is 2.50 bits per heavy atom. The van der Waals surface area contributed by atoms with Crippen molar-refractivity contribution < 1.29 is 22.3 Å². The van der Waals surface area contributed by atoms with E-state index >= 15 is 0 Å². The van der Waals surface area contributed by atoms with Gasteiger partial charge in [0.25, 0.3) is 0 Å². The van der Waals surface area contributed by atoms with E-state index in [1.54, 1.807) is 12.1 Å². The van der Waals surface area contributed by atoms with Crippen LogP contribution in [0, 0.1) is 0 Å². The summed E-state index contributed by atoms with van der Waals surface area (Å²) in [6, 6.07) is 5.73. The quantitative estimate of drug-likeness (QED) is 0.797. The first-order valence-electron chi connectivity index (χ1n) is 4.92. The summed E-state index contributed by atoms with van der Waals surface area (Å²) >= 11 is 3.07. The number of halogens is 4. The number of rotatable bonds is 2. The molecule has 18 heavy (non-hydrogen) atoms. The lowest BCUT2D eigenvalue weighted by Crippen LogP contribution is -2.08. The first-order chi connectivity index (χ1) is 8.43. The molecule has 0 aliphatic rings. The number of methoxy groups -OCH3 is 1. The normalized spacial score (nSPS) is 11.6. The third-order valence-corrected chi connectivity index (χ3v) is 2.95. The second-order valence-electron chi connectivity index (χ2n) is 3.51. The van der Waals surface area contributed by atoms with Gasteiger partial charge in [0.1, 0.15) is 11.5 Å². The number of benzene rings is 1. The number of hydrogen-bond acceptors (Lipinski definition) is 2. The molecule has 96 valence electrons. The van der Waals surface area contributed by atoms with Crippen LogP contribution < -0.4 is 4.74 Å². The minimum Gasteiger partial charge on any atom is -0.495 e. The maximum atomic E-state index is 12.9. The highest BCUT2D eigenvalue weighted by Gasteiger charge is 2.36. The van der Waals surface area contributed by atoms with Gasteiger partial charge in [-0.3, -0.25) is 0 Å². The Labute approximate surface area is 109 Å². The summed E-state index contributed by atoms with van der Waals surface area (Å²) in [7, 11) is 1.20. The average Bonchev–Trinajstić information content (AvgIpc) is 2.80. The van der Waals surface area contributed by atoms with Gasteiger partial charge in [0, 0.05) is 5.56 Å². The topological polar surface area (TPSA) is 22.4 Å². The van der Waals surface area contributed by atoms with Gasteiger partial charge in [-0.15, -0.1) is 0 Å². The Kier molecular flexibility index (Phi) is 3.38. The SMILES string of the molecule is COc1c(Br)cc(-c2ccco2)cc1C(F)(F)F. The highest BCUT2D eigenvalue weighted by Crippen LogP contribution is 2.43. The molecule has 0 N–H and O–H groups in total. The van der Waals surface area contributed by atoms with Crippen molar-refractivity contribution in [2.75, 3.05) is 7.11 Å². The summed E-state index contributed by atoms with van der Waals surface area (Å²) in [5.74, 6) is 0.127. The summed E-state index contributed by atoms with van der Waals surface area (Å²) in [4.78, 5) is 0. The lowest BCUT2D eigenvalue weighted by Gasteiger charge is -2.14. The van der Waals surface area contributed by atoms with Crippen molar-refractivity contribution in [1.29, 1.82) is 0 Å². The molecule has 1 heterocycles. The van der Waals surface area contributed by atoms with Gasteiger partial charge in [-0.2, -0.15) is 13.2 Å². The van der Waals surface area contributed by atoms with Gasteiger partial charge in [-0.25, -0.2) is 0 Å². The number of alkyl halides is 3. The lowest BCUT2D eigenvalue weighted by molar-refractivity contribution is -0.138. The van der Waals surface area contributed by atoms with Crippen molar-refractivity contribution in [3.05, 3.63) is 40.6 Å². The van der Waals surface area contributed by atoms with Crippen LogP contribution in [0.3, 0.4) is 0 Å². The molecular weight excluding hydrogens is 313 g/mol. The standard InChI is InChI=1S/C12H8BrF3O2/c1-17-11-8(12(14,15)16)5-7(6-9(11)13)10-3-2-4-18-10/h2-6H,1H3. The lowest BCUT2D eigenvalue weighted by atomic mass is 10.1. The smallest absolute Gasteiger partial charge is 0.420 e. The molecule has 0 atom stereocenters. The summed E-state index contributed by atoms with van der Waals surface area (Å²) in [6.07, 6.45) is -3.09. The largest absolute Gasteiger partial charge is 0.495 e. The Bertz CT molecular complexity index is 547. The van der Waals surface area contributed by atoms with Crippen LogP contribution in [0.15, 0.2) is 39.4 Å². The van der Waals surface area contributed by atoms with Crippen LogP contribution in [0.1, 0.15) is 5.56 Å². The zero-order chi connectivity index (χ0) is 13.3. The fraction of sp³-hybridized carbons (Fsp3) is 0.167. The third kappa shape index (κ3) is 2.38. The van der Waals surface area contributed by atoms with E-state index in [4.69, 9.17) is 9.15 Å². The predicted octanol–water partition coefficient (Wildman–Crippen LogP) is 4.74. The molecule has 2 nitrogen and oxygen atoms in total. The molecule has 1 aromatic heterocycles. The van der Waals surface area contributed by atoms with E-state index in [1.807, 2.05) is 0 Å². The molecule has 0 aliphatic carbocycles. The molecular formula is C12H8BrF3O2. The van der Waals surface area contributed by atoms with E-state index in [1.165, 1.54) is 19.4 Å². The van der Waals surface area contributed by atoms with Crippen molar-refractivity contribution in [2.45, 2.75) is 6.18 Å². The molecule has 0 unspecified atom stereocenters. The van der Waals surface area contributed by atoms with Crippen LogP contribution in [0.4, 0.5) is 13.2 Å². The van der Waals surface area contributed by atoms with Gasteiger partial charge in [-0.05, 0) is 40.2 Å². The maximum absolute atomic E-state index is 12.9. The molecule has 0 aliphatic heterocycles. The molecule has 2 aromatic rings. The number of hydrogen-bond donors (Lipinski definition) is 0. The average molecular weight is 321 g/mol. The Morgan fingerprint density at radius 2 is 2.00 bits per heavy atom. The molecule has 0 amide bonds. The zero-order valence-corrected chi connectivity index (χ0v) is 10.8. The first kappa shape index (κ1) is 13.0. The summed E-state index contributed by atoms with van der Waals surface area (Å²) < 4.78 is 48.8.